The Balaban J connectivity index is 1.48. The van der Waals surface area contributed by atoms with Crippen molar-refractivity contribution >= 4 is 5.96 Å². The van der Waals surface area contributed by atoms with Crippen LogP contribution in [0.2, 0.25) is 0 Å². The number of hydrogen-bond acceptors (Lipinski definition) is 3. The summed E-state index contributed by atoms with van der Waals surface area (Å²) in [6, 6.07) is 2.47. The van der Waals surface area contributed by atoms with Gasteiger partial charge >= 0.3 is 0 Å². The van der Waals surface area contributed by atoms with E-state index in [0.717, 1.165) is 37.5 Å². The van der Waals surface area contributed by atoms with Crippen LogP contribution in [0.1, 0.15) is 72.1 Å². The average Bonchev–Trinajstić information content (AvgIpc) is 2.60. The molecule has 0 aromatic carbocycles. The molecule has 3 aliphatic rings. The number of fused-ring (bicyclic) bond motifs is 2. The minimum absolute atomic E-state index is 0.161. The highest BCUT2D eigenvalue weighted by Crippen LogP contribution is 2.43. The molecule has 2 saturated heterocycles. The third kappa shape index (κ3) is 4.19. The molecule has 4 atom stereocenters. The van der Waals surface area contributed by atoms with Gasteiger partial charge in [0.15, 0.2) is 5.96 Å². The Morgan fingerprint density at radius 1 is 1.15 bits per heavy atom. The van der Waals surface area contributed by atoms with Crippen LogP contribution in [-0.2, 0) is 4.74 Å². The van der Waals surface area contributed by atoms with Crippen LogP contribution in [0.3, 0.4) is 0 Å². The van der Waals surface area contributed by atoms with Crippen LogP contribution in [0.25, 0.3) is 0 Å². The zero-order valence-electron chi connectivity index (χ0n) is 17.6. The molecule has 3 fully saturated rings. The van der Waals surface area contributed by atoms with Crippen molar-refractivity contribution in [2.75, 3.05) is 20.7 Å². The lowest BCUT2D eigenvalue weighted by molar-refractivity contribution is -0.113. The van der Waals surface area contributed by atoms with Crippen LogP contribution in [0.4, 0.5) is 0 Å². The van der Waals surface area contributed by atoms with Crippen LogP contribution in [0.15, 0.2) is 4.99 Å². The Morgan fingerprint density at radius 3 is 2.42 bits per heavy atom. The second-order valence-corrected chi connectivity index (χ2v) is 9.26. The summed E-state index contributed by atoms with van der Waals surface area (Å²) < 4.78 is 6.09. The maximum absolute atomic E-state index is 6.09. The number of hydrogen-bond donors (Lipinski definition) is 2. The number of guanidine groups is 1. The number of piperidine rings is 2. The fourth-order valence-corrected chi connectivity index (χ4v) is 5.05. The average molecular weight is 365 g/mol. The molecule has 150 valence electrons. The summed E-state index contributed by atoms with van der Waals surface area (Å²) in [5.41, 5.74) is 0.161. The Hall–Kier alpha value is -0.810. The Bertz CT molecular complexity index is 478. The number of nitrogens with zero attached hydrogens (tertiary/aromatic N) is 2. The van der Waals surface area contributed by atoms with Crippen molar-refractivity contribution in [3.63, 3.8) is 0 Å². The number of unbranched alkanes of at least 4 members (excludes halogenated alkanes) is 1. The molecular weight excluding hydrogens is 324 g/mol. The highest BCUT2D eigenvalue weighted by molar-refractivity contribution is 5.80. The lowest BCUT2D eigenvalue weighted by Crippen LogP contribution is -2.65. The minimum atomic E-state index is 0.161. The molecular formula is C21H40N4O. The van der Waals surface area contributed by atoms with E-state index in [1.165, 1.54) is 38.5 Å². The fraction of sp³-hybridized carbons (Fsp3) is 0.952. The normalized spacial score (nSPS) is 37.1. The molecule has 5 heteroatoms. The molecule has 0 spiro atoms. The van der Waals surface area contributed by atoms with Gasteiger partial charge in [0.05, 0.1) is 6.10 Å². The van der Waals surface area contributed by atoms with Gasteiger partial charge in [-0.2, -0.15) is 0 Å². The van der Waals surface area contributed by atoms with Gasteiger partial charge in [-0.15, -0.1) is 0 Å². The lowest BCUT2D eigenvalue weighted by atomic mass is 9.64. The molecule has 0 aromatic heterocycles. The molecule has 1 saturated carbocycles. The van der Waals surface area contributed by atoms with Gasteiger partial charge in [-0.1, -0.05) is 33.6 Å². The zero-order chi connectivity index (χ0) is 18.7. The van der Waals surface area contributed by atoms with Gasteiger partial charge in [-0.05, 0) is 45.6 Å². The lowest BCUT2D eigenvalue weighted by Gasteiger charge is -2.52. The van der Waals surface area contributed by atoms with E-state index in [1.807, 2.05) is 7.05 Å². The van der Waals surface area contributed by atoms with Gasteiger partial charge in [0, 0.05) is 43.2 Å². The molecule has 26 heavy (non-hydrogen) atoms. The zero-order valence-corrected chi connectivity index (χ0v) is 17.6. The summed E-state index contributed by atoms with van der Waals surface area (Å²) in [5, 5.41) is 7.41. The monoisotopic (exact) mass is 364 g/mol. The van der Waals surface area contributed by atoms with Crippen LogP contribution in [-0.4, -0.2) is 61.8 Å². The van der Waals surface area contributed by atoms with E-state index in [2.05, 4.69) is 48.3 Å². The highest BCUT2D eigenvalue weighted by atomic mass is 16.5. The minimum Gasteiger partial charge on any atom is -0.378 e. The largest absolute Gasteiger partial charge is 0.378 e. The molecule has 2 aliphatic heterocycles. The summed E-state index contributed by atoms with van der Waals surface area (Å²) in [5.74, 6) is 0.975. The van der Waals surface area contributed by atoms with Crippen LogP contribution in [0.5, 0.6) is 0 Å². The number of nitrogens with one attached hydrogen (secondary N) is 2. The second kappa shape index (κ2) is 8.47. The standard InChI is InChI=1S/C21H40N4O/c1-6-7-11-26-19-14-18(21(19,2)3)24-20(22-4)23-15-12-16-9-8-10-17(13-15)25(16)5/h15-19H,6-14H2,1-5H3,(H2,22,23,24). The first-order valence-electron chi connectivity index (χ1n) is 10.8. The molecule has 2 bridgehead atoms. The van der Waals surface area contributed by atoms with Crippen molar-refractivity contribution in [3.05, 3.63) is 0 Å². The Labute approximate surface area is 160 Å². The van der Waals surface area contributed by atoms with Gasteiger partial charge in [-0.25, -0.2) is 0 Å². The van der Waals surface area contributed by atoms with Gasteiger partial charge in [0.2, 0.25) is 0 Å². The van der Waals surface area contributed by atoms with E-state index in [4.69, 9.17) is 4.74 Å². The predicted molar refractivity (Wildman–Crippen MR) is 109 cm³/mol. The van der Waals surface area contributed by atoms with E-state index < -0.39 is 0 Å². The highest BCUT2D eigenvalue weighted by Gasteiger charge is 2.49. The van der Waals surface area contributed by atoms with Crippen LogP contribution in [0, 0.1) is 5.41 Å². The molecule has 3 rings (SSSR count). The van der Waals surface area contributed by atoms with Crippen molar-refractivity contribution < 1.29 is 4.74 Å². The molecule has 2 heterocycles. The summed E-state index contributed by atoms with van der Waals surface area (Å²) >= 11 is 0. The van der Waals surface area contributed by atoms with Crippen LogP contribution >= 0.6 is 0 Å². The molecule has 4 unspecified atom stereocenters. The summed E-state index contributed by atoms with van der Waals surface area (Å²) in [6.07, 6.45) is 10.4. The van der Waals surface area contributed by atoms with Crippen molar-refractivity contribution in [2.24, 2.45) is 10.4 Å². The van der Waals surface area contributed by atoms with Gasteiger partial charge in [0.1, 0.15) is 0 Å². The Morgan fingerprint density at radius 2 is 1.85 bits per heavy atom. The first-order chi connectivity index (χ1) is 12.5. The molecule has 2 N–H and O–H groups in total. The second-order valence-electron chi connectivity index (χ2n) is 9.26. The van der Waals surface area contributed by atoms with Gasteiger partial charge < -0.3 is 20.3 Å². The van der Waals surface area contributed by atoms with Crippen molar-refractivity contribution in [3.8, 4) is 0 Å². The van der Waals surface area contributed by atoms with Crippen molar-refractivity contribution in [2.45, 2.75) is 102 Å². The number of aliphatic imine (C=N–C) groups is 1. The van der Waals surface area contributed by atoms with Crippen molar-refractivity contribution in [1.29, 1.82) is 0 Å². The summed E-state index contributed by atoms with van der Waals surface area (Å²) in [4.78, 5) is 7.14. The van der Waals surface area contributed by atoms with Crippen LogP contribution < -0.4 is 10.6 Å². The van der Waals surface area contributed by atoms with E-state index >= 15 is 0 Å². The maximum atomic E-state index is 6.09. The SMILES string of the molecule is CCCCOC1CC(NC(=NC)NC2CC3CCCC(C2)N3C)C1(C)C. The maximum Gasteiger partial charge on any atom is 0.191 e. The number of rotatable bonds is 6. The first kappa shape index (κ1) is 19.9. The third-order valence-corrected chi connectivity index (χ3v) is 7.21. The molecule has 1 aliphatic carbocycles. The third-order valence-electron chi connectivity index (χ3n) is 7.21. The molecule has 0 radical (unpaired) electrons. The molecule has 5 nitrogen and oxygen atoms in total. The Kier molecular flexibility index (Phi) is 6.50. The van der Waals surface area contributed by atoms with E-state index in [-0.39, 0.29) is 5.41 Å². The molecule has 0 aromatic rings. The summed E-state index contributed by atoms with van der Waals surface area (Å²) in [6.45, 7) is 7.74. The van der Waals surface area contributed by atoms with Gasteiger partial charge in [-0.3, -0.25) is 4.99 Å². The van der Waals surface area contributed by atoms with Crippen molar-refractivity contribution in [1.82, 2.24) is 15.5 Å². The van der Waals surface area contributed by atoms with E-state index in [1.54, 1.807) is 0 Å². The smallest absolute Gasteiger partial charge is 0.191 e. The number of ether oxygens (including phenoxy) is 1. The topological polar surface area (TPSA) is 48.9 Å². The molecule has 0 amide bonds. The fourth-order valence-electron chi connectivity index (χ4n) is 5.05. The quantitative estimate of drug-likeness (QED) is 0.432. The van der Waals surface area contributed by atoms with E-state index in [0.29, 0.717) is 18.2 Å². The summed E-state index contributed by atoms with van der Waals surface area (Å²) in [7, 11) is 4.21. The van der Waals surface area contributed by atoms with E-state index in [9.17, 15) is 0 Å². The van der Waals surface area contributed by atoms with Gasteiger partial charge in [0.25, 0.3) is 0 Å². The first-order valence-corrected chi connectivity index (χ1v) is 10.8. The predicted octanol–water partition coefficient (Wildman–Crippen LogP) is 3.15.